The van der Waals surface area contributed by atoms with Gasteiger partial charge in [0.05, 0.1) is 12.2 Å². The fourth-order valence-corrected chi connectivity index (χ4v) is 1.89. The summed E-state index contributed by atoms with van der Waals surface area (Å²) >= 11 is 0. The number of pyridine rings is 2. The van der Waals surface area contributed by atoms with Crippen molar-refractivity contribution in [2.75, 3.05) is 11.9 Å². The standard InChI is InChI=1S/C16H20N4O/c1-3-7-17-13-6-9-19-14(10-13)16(21)20-11-15-12(2)5-4-8-18-15/h4-6,8-10H,3,7,11H2,1-2H3,(H,17,19)(H,20,21). The van der Waals surface area contributed by atoms with Crippen LogP contribution >= 0.6 is 0 Å². The topological polar surface area (TPSA) is 66.9 Å². The zero-order valence-corrected chi connectivity index (χ0v) is 12.4. The highest BCUT2D eigenvalue weighted by molar-refractivity contribution is 5.93. The molecule has 0 saturated heterocycles. The number of carbonyl (C=O) groups excluding carboxylic acids is 1. The molecule has 110 valence electrons. The SMILES string of the molecule is CCCNc1ccnc(C(=O)NCc2ncccc2C)c1. The Morgan fingerprint density at radius 2 is 2.10 bits per heavy atom. The molecule has 5 nitrogen and oxygen atoms in total. The largest absolute Gasteiger partial charge is 0.385 e. The first kappa shape index (κ1) is 15.0. The second-order valence-corrected chi connectivity index (χ2v) is 4.81. The summed E-state index contributed by atoms with van der Waals surface area (Å²) in [6.45, 7) is 5.34. The number of carbonyl (C=O) groups is 1. The molecular formula is C16H20N4O. The van der Waals surface area contributed by atoms with Crippen LogP contribution in [0.1, 0.15) is 35.1 Å². The first-order valence-electron chi connectivity index (χ1n) is 7.09. The first-order valence-corrected chi connectivity index (χ1v) is 7.09. The molecule has 0 fully saturated rings. The van der Waals surface area contributed by atoms with Gasteiger partial charge in [0.25, 0.3) is 5.91 Å². The van der Waals surface area contributed by atoms with Gasteiger partial charge in [0.15, 0.2) is 0 Å². The number of hydrogen-bond acceptors (Lipinski definition) is 4. The number of amides is 1. The highest BCUT2D eigenvalue weighted by Gasteiger charge is 2.08. The van der Waals surface area contributed by atoms with Crippen LogP contribution in [0.4, 0.5) is 5.69 Å². The van der Waals surface area contributed by atoms with E-state index in [0.717, 1.165) is 29.9 Å². The fourth-order valence-electron chi connectivity index (χ4n) is 1.89. The van der Waals surface area contributed by atoms with E-state index in [1.54, 1.807) is 18.5 Å². The molecule has 0 aliphatic carbocycles. The lowest BCUT2D eigenvalue weighted by molar-refractivity contribution is 0.0945. The van der Waals surface area contributed by atoms with Crippen molar-refractivity contribution in [1.82, 2.24) is 15.3 Å². The zero-order valence-electron chi connectivity index (χ0n) is 12.4. The van der Waals surface area contributed by atoms with E-state index in [1.807, 2.05) is 25.1 Å². The maximum atomic E-state index is 12.1. The third-order valence-corrected chi connectivity index (χ3v) is 3.11. The van der Waals surface area contributed by atoms with Gasteiger partial charge in [0.2, 0.25) is 0 Å². The average molecular weight is 284 g/mol. The molecule has 2 rings (SSSR count). The third-order valence-electron chi connectivity index (χ3n) is 3.11. The van der Waals surface area contributed by atoms with E-state index in [9.17, 15) is 4.79 Å². The van der Waals surface area contributed by atoms with Gasteiger partial charge >= 0.3 is 0 Å². The maximum absolute atomic E-state index is 12.1. The van der Waals surface area contributed by atoms with Crippen molar-refractivity contribution in [3.05, 3.63) is 53.6 Å². The lowest BCUT2D eigenvalue weighted by Crippen LogP contribution is -2.24. The van der Waals surface area contributed by atoms with Gasteiger partial charge < -0.3 is 10.6 Å². The van der Waals surface area contributed by atoms with E-state index in [1.165, 1.54) is 0 Å². The predicted molar refractivity (Wildman–Crippen MR) is 83.2 cm³/mol. The van der Waals surface area contributed by atoms with Crippen molar-refractivity contribution in [3.63, 3.8) is 0 Å². The summed E-state index contributed by atoms with van der Waals surface area (Å²) in [5.41, 5.74) is 3.24. The highest BCUT2D eigenvalue weighted by atomic mass is 16.1. The van der Waals surface area contributed by atoms with Crippen LogP contribution in [0.5, 0.6) is 0 Å². The van der Waals surface area contributed by atoms with Crippen LogP contribution in [-0.2, 0) is 6.54 Å². The van der Waals surface area contributed by atoms with Crippen LogP contribution in [-0.4, -0.2) is 22.4 Å². The third kappa shape index (κ3) is 4.27. The number of aromatic nitrogens is 2. The molecule has 2 heterocycles. The minimum Gasteiger partial charge on any atom is -0.385 e. The molecule has 0 bridgehead atoms. The number of rotatable bonds is 6. The lowest BCUT2D eigenvalue weighted by atomic mass is 10.2. The Hall–Kier alpha value is -2.43. The van der Waals surface area contributed by atoms with Gasteiger partial charge in [-0.15, -0.1) is 0 Å². The summed E-state index contributed by atoms with van der Waals surface area (Å²) in [5, 5.41) is 6.09. The normalized spacial score (nSPS) is 10.2. The summed E-state index contributed by atoms with van der Waals surface area (Å²) in [7, 11) is 0. The lowest BCUT2D eigenvalue weighted by Gasteiger charge is -2.08. The summed E-state index contributed by atoms with van der Waals surface area (Å²) in [6, 6.07) is 7.47. The monoisotopic (exact) mass is 284 g/mol. The van der Waals surface area contributed by atoms with Crippen LogP contribution in [0, 0.1) is 6.92 Å². The molecule has 2 N–H and O–H groups in total. The van der Waals surface area contributed by atoms with Crippen molar-refractivity contribution in [2.24, 2.45) is 0 Å². The minimum atomic E-state index is -0.194. The number of nitrogens with one attached hydrogen (secondary N) is 2. The predicted octanol–water partition coefficient (Wildman–Crippen LogP) is 2.54. The quantitative estimate of drug-likeness (QED) is 0.855. The molecule has 21 heavy (non-hydrogen) atoms. The second-order valence-electron chi connectivity index (χ2n) is 4.81. The Kier molecular flexibility index (Phi) is 5.26. The number of nitrogens with zero attached hydrogens (tertiary/aromatic N) is 2. The van der Waals surface area contributed by atoms with Crippen LogP contribution in [0.2, 0.25) is 0 Å². The number of aryl methyl sites for hydroxylation is 1. The fraction of sp³-hybridized carbons (Fsp3) is 0.312. The van der Waals surface area contributed by atoms with Crippen molar-refractivity contribution >= 4 is 11.6 Å². The Labute approximate surface area is 124 Å². The van der Waals surface area contributed by atoms with Gasteiger partial charge in [-0.05, 0) is 37.1 Å². The van der Waals surface area contributed by atoms with Gasteiger partial charge in [-0.1, -0.05) is 13.0 Å². The molecule has 0 aromatic carbocycles. The Balaban J connectivity index is 1.98. The second kappa shape index (κ2) is 7.38. The van der Waals surface area contributed by atoms with Crippen LogP contribution in [0.25, 0.3) is 0 Å². The number of anilines is 1. The Morgan fingerprint density at radius 1 is 1.24 bits per heavy atom. The highest BCUT2D eigenvalue weighted by Crippen LogP contribution is 2.08. The molecule has 0 aliphatic heterocycles. The van der Waals surface area contributed by atoms with Gasteiger partial charge in [-0.25, -0.2) is 0 Å². The van der Waals surface area contributed by atoms with Crippen molar-refractivity contribution in [1.29, 1.82) is 0 Å². The molecule has 0 aliphatic rings. The summed E-state index contributed by atoms with van der Waals surface area (Å²) in [5.74, 6) is -0.194. The van der Waals surface area contributed by atoms with E-state index in [0.29, 0.717) is 12.2 Å². The summed E-state index contributed by atoms with van der Waals surface area (Å²) in [4.78, 5) is 20.5. The van der Waals surface area contributed by atoms with E-state index in [4.69, 9.17) is 0 Å². The molecule has 1 amide bonds. The van der Waals surface area contributed by atoms with E-state index in [2.05, 4.69) is 27.5 Å². The molecule has 2 aromatic rings. The van der Waals surface area contributed by atoms with Gasteiger partial charge in [0, 0.05) is 24.6 Å². The smallest absolute Gasteiger partial charge is 0.270 e. The summed E-state index contributed by atoms with van der Waals surface area (Å²) in [6.07, 6.45) is 4.39. The Bertz CT molecular complexity index is 613. The van der Waals surface area contributed by atoms with Crippen molar-refractivity contribution < 1.29 is 4.79 Å². The minimum absolute atomic E-state index is 0.194. The molecule has 0 spiro atoms. The van der Waals surface area contributed by atoms with Crippen LogP contribution < -0.4 is 10.6 Å². The van der Waals surface area contributed by atoms with E-state index < -0.39 is 0 Å². The van der Waals surface area contributed by atoms with Crippen molar-refractivity contribution in [2.45, 2.75) is 26.8 Å². The molecule has 0 unspecified atom stereocenters. The number of hydrogen-bond donors (Lipinski definition) is 2. The van der Waals surface area contributed by atoms with E-state index >= 15 is 0 Å². The van der Waals surface area contributed by atoms with Gasteiger partial charge in [-0.2, -0.15) is 0 Å². The van der Waals surface area contributed by atoms with Crippen molar-refractivity contribution in [3.8, 4) is 0 Å². The average Bonchev–Trinajstić information content (AvgIpc) is 2.52. The molecule has 0 atom stereocenters. The molecular weight excluding hydrogens is 264 g/mol. The molecule has 2 aromatic heterocycles. The zero-order chi connectivity index (χ0) is 15.1. The van der Waals surface area contributed by atoms with Gasteiger partial charge in [-0.3, -0.25) is 14.8 Å². The molecule has 5 heteroatoms. The first-order chi connectivity index (χ1) is 10.2. The van der Waals surface area contributed by atoms with Crippen LogP contribution in [0.3, 0.4) is 0 Å². The molecule has 0 radical (unpaired) electrons. The van der Waals surface area contributed by atoms with E-state index in [-0.39, 0.29) is 5.91 Å². The Morgan fingerprint density at radius 3 is 2.86 bits per heavy atom. The molecule has 0 saturated carbocycles. The van der Waals surface area contributed by atoms with Gasteiger partial charge in [0.1, 0.15) is 5.69 Å². The summed E-state index contributed by atoms with van der Waals surface area (Å²) < 4.78 is 0. The van der Waals surface area contributed by atoms with Crippen LogP contribution in [0.15, 0.2) is 36.7 Å². The maximum Gasteiger partial charge on any atom is 0.270 e.